The molecule has 0 radical (unpaired) electrons. The molecule has 3 aromatic carbocycles. The molecule has 96 valence electrons. The molecule has 0 spiro atoms. The van der Waals surface area contributed by atoms with E-state index in [1.54, 1.807) is 0 Å². The lowest BCUT2D eigenvalue weighted by molar-refractivity contribution is 0.351. The molecule has 0 atom stereocenters. The summed E-state index contributed by atoms with van der Waals surface area (Å²) in [5.74, 6) is 0.537. The van der Waals surface area contributed by atoms with Gasteiger partial charge in [0.15, 0.2) is 5.75 Å². The zero-order valence-corrected chi connectivity index (χ0v) is 11.3. The standard InChI is InChI=1S/C15H14O3P/c1-19(16,17)18-15-13-8-4-2-6-11(13)10-12-7-3-5-9-14(12)15/h2-10,16-17H,1H3/q+1. The predicted molar refractivity (Wildman–Crippen MR) is 79.4 cm³/mol. The third kappa shape index (κ3) is 2.41. The molecule has 0 fully saturated rings. The topological polar surface area (TPSA) is 49.7 Å². The van der Waals surface area contributed by atoms with Crippen LogP contribution in [0.5, 0.6) is 5.75 Å². The summed E-state index contributed by atoms with van der Waals surface area (Å²) in [5.41, 5.74) is 0. The van der Waals surface area contributed by atoms with Gasteiger partial charge in [-0.25, -0.2) is 0 Å². The van der Waals surface area contributed by atoms with Crippen molar-refractivity contribution in [3.05, 3.63) is 54.6 Å². The summed E-state index contributed by atoms with van der Waals surface area (Å²) in [6.45, 7) is 1.31. The fourth-order valence-electron chi connectivity index (χ4n) is 2.24. The Morgan fingerprint density at radius 1 is 0.842 bits per heavy atom. The van der Waals surface area contributed by atoms with Crippen molar-refractivity contribution in [2.75, 3.05) is 6.66 Å². The Bertz CT molecular complexity index is 693. The van der Waals surface area contributed by atoms with Crippen LogP contribution in [0.1, 0.15) is 0 Å². The van der Waals surface area contributed by atoms with Crippen molar-refractivity contribution in [2.24, 2.45) is 0 Å². The second-order valence-electron chi connectivity index (χ2n) is 4.57. The Labute approximate surface area is 111 Å². The molecule has 0 heterocycles. The third-order valence-corrected chi connectivity index (χ3v) is 3.51. The zero-order chi connectivity index (χ0) is 13.5. The number of rotatable bonds is 2. The molecule has 0 aliphatic heterocycles. The molecule has 0 amide bonds. The molecular weight excluding hydrogens is 259 g/mol. The van der Waals surface area contributed by atoms with E-state index in [9.17, 15) is 9.79 Å². The highest BCUT2D eigenvalue weighted by Crippen LogP contribution is 2.50. The predicted octanol–water partition coefficient (Wildman–Crippen LogP) is 3.75. The molecule has 3 nitrogen and oxygen atoms in total. The summed E-state index contributed by atoms with van der Waals surface area (Å²) < 4.78 is 5.45. The molecule has 0 aromatic heterocycles. The van der Waals surface area contributed by atoms with Crippen LogP contribution < -0.4 is 4.52 Å². The summed E-state index contributed by atoms with van der Waals surface area (Å²) in [6.07, 6.45) is 0. The summed E-state index contributed by atoms with van der Waals surface area (Å²) in [4.78, 5) is 19.3. The first-order chi connectivity index (χ1) is 9.04. The van der Waals surface area contributed by atoms with Crippen LogP contribution >= 0.6 is 7.94 Å². The maximum Gasteiger partial charge on any atom is 0.448 e. The van der Waals surface area contributed by atoms with Crippen molar-refractivity contribution in [3.8, 4) is 5.75 Å². The van der Waals surface area contributed by atoms with E-state index in [-0.39, 0.29) is 0 Å². The number of hydrogen-bond acceptors (Lipinski definition) is 3. The third-order valence-electron chi connectivity index (χ3n) is 2.99. The normalized spacial score (nSPS) is 11.9. The van der Waals surface area contributed by atoms with Gasteiger partial charge >= 0.3 is 7.94 Å². The van der Waals surface area contributed by atoms with Crippen LogP contribution in [-0.4, -0.2) is 16.5 Å². The lowest BCUT2D eigenvalue weighted by Gasteiger charge is -2.12. The monoisotopic (exact) mass is 273 g/mol. The van der Waals surface area contributed by atoms with E-state index in [1.807, 2.05) is 48.5 Å². The van der Waals surface area contributed by atoms with E-state index in [0.717, 1.165) is 21.5 Å². The number of benzene rings is 3. The smallest absolute Gasteiger partial charge is 0.286 e. The molecule has 3 rings (SSSR count). The minimum atomic E-state index is -3.35. The van der Waals surface area contributed by atoms with Gasteiger partial charge in [0.25, 0.3) is 0 Å². The van der Waals surface area contributed by atoms with E-state index in [2.05, 4.69) is 6.07 Å². The molecule has 0 saturated heterocycles. The SMILES string of the molecule is C[P+](O)(O)Oc1c2ccccc2cc2ccccc12. The molecule has 0 saturated carbocycles. The molecule has 19 heavy (non-hydrogen) atoms. The maximum absolute atomic E-state index is 9.63. The average molecular weight is 273 g/mol. The van der Waals surface area contributed by atoms with E-state index in [0.29, 0.717) is 5.75 Å². The summed E-state index contributed by atoms with van der Waals surface area (Å²) in [5, 5.41) is 3.81. The van der Waals surface area contributed by atoms with Crippen molar-refractivity contribution in [3.63, 3.8) is 0 Å². The highest BCUT2D eigenvalue weighted by atomic mass is 31.2. The van der Waals surface area contributed by atoms with E-state index in [4.69, 9.17) is 4.52 Å². The number of fused-ring (bicyclic) bond motifs is 2. The second-order valence-corrected chi connectivity index (χ2v) is 6.43. The molecule has 3 aromatic rings. The Kier molecular flexibility index (Phi) is 2.90. The van der Waals surface area contributed by atoms with Crippen molar-refractivity contribution in [1.82, 2.24) is 0 Å². The summed E-state index contributed by atoms with van der Waals surface area (Å²) in [7, 11) is -3.35. The van der Waals surface area contributed by atoms with Gasteiger partial charge in [-0.15, -0.1) is 0 Å². The second kappa shape index (κ2) is 4.46. The van der Waals surface area contributed by atoms with E-state index in [1.165, 1.54) is 6.66 Å². The number of hydrogen-bond donors (Lipinski definition) is 2. The van der Waals surface area contributed by atoms with Gasteiger partial charge in [-0.1, -0.05) is 48.5 Å². The fraction of sp³-hybridized carbons (Fsp3) is 0.0667. The van der Waals surface area contributed by atoms with Crippen molar-refractivity contribution >= 4 is 29.5 Å². The minimum Gasteiger partial charge on any atom is -0.286 e. The molecule has 0 aliphatic rings. The van der Waals surface area contributed by atoms with Crippen LogP contribution in [0.2, 0.25) is 0 Å². The molecular formula is C15H14O3P+. The van der Waals surface area contributed by atoms with Crippen LogP contribution in [0.4, 0.5) is 0 Å². The summed E-state index contributed by atoms with van der Waals surface area (Å²) >= 11 is 0. The first-order valence-corrected chi connectivity index (χ1v) is 8.03. The molecule has 0 unspecified atom stereocenters. The van der Waals surface area contributed by atoms with Crippen LogP contribution in [0.25, 0.3) is 21.5 Å². The highest BCUT2D eigenvalue weighted by molar-refractivity contribution is 7.59. The fourth-order valence-corrected chi connectivity index (χ4v) is 2.79. The van der Waals surface area contributed by atoms with Gasteiger partial charge in [0.2, 0.25) is 0 Å². The Balaban J connectivity index is 2.39. The lowest BCUT2D eigenvalue weighted by Crippen LogP contribution is -1.98. The lowest BCUT2D eigenvalue weighted by atomic mass is 10.0. The van der Waals surface area contributed by atoms with E-state index < -0.39 is 7.94 Å². The van der Waals surface area contributed by atoms with Gasteiger partial charge in [0.1, 0.15) is 6.66 Å². The first kappa shape index (κ1) is 12.4. The quantitative estimate of drug-likeness (QED) is 0.552. The van der Waals surface area contributed by atoms with Crippen LogP contribution in [-0.2, 0) is 0 Å². The van der Waals surface area contributed by atoms with Crippen molar-refractivity contribution in [2.45, 2.75) is 0 Å². The minimum absolute atomic E-state index is 0.537. The van der Waals surface area contributed by atoms with Crippen LogP contribution in [0.3, 0.4) is 0 Å². The van der Waals surface area contributed by atoms with E-state index >= 15 is 0 Å². The molecule has 4 heteroatoms. The molecule has 0 bridgehead atoms. The van der Waals surface area contributed by atoms with Crippen LogP contribution in [0.15, 0.2) is 54.6 Å². The first-order valence-electron chi connectivity index (χ1n) is 5.97. The zero-order valence-electron chi connectivity index (χ0n) is 10.4. The van der Waals surface area contributed by atoms with Crippen molar-refractivity contribution in [1.29, 1.82) is 0 Å². The highest BCUT2D eigenvalue weighted by Gasteiger charge is 2.30. The van der Waals surface area contributed by atoms with Gasteiger partial charge in [0, 0.05) is 10.8 Å². The Morgan fingerprint density at radius 3 is 1.79 bits per heavy atom. The van der Waals surface area contributed by atoms with Gasteiger partial charge in [-0.3, -0.25) is 4.52 Å². The maximum atomic E-state index is 9.63. The molecule has 2 N–H and O–H groups in total. The van der Waals surface area contributed by atoms with Gasteiger partial charge in [-0.05, 0) is 16.8 Å². The average Bonchev–Trinajstić information content (AvgIpc) is 2.37. The van der Waals surface area contributed by atoms with Gasteiger partial charge in [-0.2, -0.15) is 9.79 Å². The van der Waals surface area contributed by atoms with Gasteiger partial charge in [0.05, 0.1) is 0 Å². The summed E-state index contributed by atoms with van der Waals surface area (Å²) in [6, 6.07) is 17.6. The van der Waals surface area contributed by atoms with Crippen LogP contribution in [0, 0.1) is 0 Å². The molecule has 0 aliphatic carbocycles. The Morgan fingerprint density at radius 2 is 1.32 bits per heavy atom. The Hall–Kier alpha value is -1.67. The van der Waals surface area contributed by atoms with Gasteiger partial charge < -0.3 is 0 Å². The largest absolute Gasteiger partial charge is 0.448 e. The van der Waals surface area contributed by atoms with Crippen molar-refractivity contribution < 1.29 is 14.3 Å².